The van der Waals surface area contributed by atoms with E-state index in [1.807, 2.05) is 26.2 Å². The molecule has 4 heteroatoms. The van der Waals surface area contributed by atoms with E-state index in [1.54, 1.807) is 4.68 Å². The van der Waals surface area contributed by atoms with Gasteiger partial charge in [-0.15, -0.1) is 0 Å². The van der Waals surface area contributed by atoms with E-state index in [1.165, 1.54) is 0 Å². The standard InChI is InChI=1S/C9H17N3O/c1-3-9(13,7-10)6-8-4-5-12(2)11-8/h4-5,13H,3,6-7,10H2,1-2H3. The summed E-state index contributed by atoms with van der Waals surface area (Å²) in [6, 6.07) is 1.90. The van der Waals surface area contributed by atoms with Crippen LogP contribution in [0.3, 0.4) is 0 Å². The molecule has 4 nitrogen and oxygen atoms in total. The van der Waals surface area contributed by atoms with Gasteiger partial charge >= 0.3 is 0 Å². The van der Waals surface area contributed by atoms with Gasteiger partial charge in [0.2, 0.25) is 0 Å². The van der Waals surface area contributed by atoms with Crippen molar-refractivity contribution in [3.63, 3.8) is 0 Å². The molecule has 0 amide bonds. The van der Waals surface area contributed by atoms with E-state index in [0.29, 0.717) is 12.8 Å². The Labute approximate surface area is 78.4 Å². The van der Waals surface area contributed by atoms with Crippen LogP contribution in [0, 0.1) is 0 Å². The summed E-state index contributed by atoms with van der Waals surface area (Å²) in [4.78, 5) is 0. The van der Waals surface area contributed by atoms with Gasteiger partial charge in [0.05, 0.1) is 11.3 Å². The molecule has 0 aliphatic heterocycles. The summed E-state index contributed by atoms with van der Waals surface area (Å²) >= 11 is 0. The molecule has 13 heavy (non-hydrogen) atoms. The lowest BCUT2D eigenvalue weighted by molar-refractivity contribution is 0.0445. The largest absolute Gasteiger partial charge is 0.388 e. The normalized spacial score (nSPS) is 15.7. The fraction of sp³-hybridized carbons (Fsp3) is 0.667. The second kappa shape index (κ2) is 3.89. The van der Waals surface area contributed by atoms with Crippen LogP contribution in [0.2, 0.25) is 0 Å². The van der Waals surface area contributed by atoms with Gasteiger partial charge in [-0.25, -0.2) is 0 Å². The molecule has 0 aromatic carbocycles. The molecule has 1 aromatic heterocycles. The lowest BCUT2D eigenvalue weighted by Gasteiger charge is -2.23. The molecule has 1 rings (SSSR count). The number of nitrogens with zero attached hydrogens (tertiary/aromatic N) is 2. The van der Waals surface area contributed by atoms with Gasteiger partial charge in [0, 0.05) is 26.2 Å². The van der Waals surface area contributed by atoms with Crippen molar-refractivity contribution in [2.24, 2.45) is 12.8 Å². The Morgan fingerprint density at radius 1 is 1.69 bits per heavy atom. The number of nitrogens with two attached hydrogens (primary N) is 1. The highest BCUT2D eigenvalue weighted by Gasteiger charge is 2.23. The van der Waals surface area contributed by atoms with Crippen LogP contribution in [-0.4, -0.2) is 27.0 Å². The molecule has 1 unspecified atom stereocenters. The van der Waals surface area contributed by atoms with Crippen LogP contribution in [0.5, 0.6) is 0 Å². The smallest absolute Gasteiger partial charge is 0.0822 e. The number of aliphatic hydroxyl groups is 1. The molecular weight excluding hydrogens is 166 g/mol. The fourth-order valence-corrected chi connectivity index (χ4v) is 1.24. The Morgan fingerprint density at radius 2 is 2.38 bits per heavy atom. The Bertz CT molecular complexity index is 266. The highest BCUT2D eigenvalue weighted by Crippen LogP contribution is 2.14. The number of hydrogen-bond acceptors (Lipinski definition) is 3. The summed E-state index contributed by atoms with van der Waals surface area (Å²) < 4.78 is 1.72. The zero-order valence-electron chi connectivity index (χ0n) is 8.20. The van der Waals surface area contributed by atoms with Gasteiger partial charge in [-0.1, -0.05) is 6.92 Å². The van der Waals surface area contributed by atoms with Crippen molar-refractivity contribution < 1.29 is 5.11 Å². The molecule has 1 aromatic rings. The van der Waals surface area contributed by atoms with Gasteiger partial charge in [-0.3, -0.25) is 4.68 Å². The molecule has 74 valence electrons. The van der Waals surface area contributed by atoms with E-state index in [9.17, 15) is 5.11 Å². The maximum atomic E-state index is 9.92. The summed E-state index contributed by atoms with van der Waals surface area (Å²) in [6.45, 7) is 2.20. The summed E-state index contributed by atoms with van der Waals surface area (Å²) in [5.74, 6) is 0. The van der Waals surface area contributed by atoms with Crippen LogP contribution in [0.4, 0.5) is 0 Å². The second-order valence-electron chi connectivity index (χ2n) is 3.44. The highest BCUT2D eigenvalue weighted by molar-refractivity contribution is 5.03. The number of hydrogen-bond donors (Lipinski definition) is 2. The summed E-state index contributed by atoms with van der Waals surface area (Å²) in [6.07, 6.45) is 3.04. The third-order valence-electron chi connectivity index (χ3n) is 2.32. The molecule has 0 saturated heterocycles. The molecule has 0 aliphatic rings. The minimum Gasteiger partial charge on any atom is -0.388 e. The monoisotopic (exact) mass is 183 g/mol. The van der Waals surface area contributed by atoms with Crippen LogP contribution in [0.15, 0.2) is 12.3 Å². The number of aryl methyl sites for hydroxylation is 1. The van der Waals surface area contributed by atoms with Crippen molar-refractivity contribution in [2.75, 3.05) is 6.54 Å². The summed E-state index contributed by atoms with van der Waals surface area (Å²) in [7, 11) is 1.86. The van der Waals surface area contributed by atoms with Gasteiger partial charge in [0.25, 0.3) is 0 Å². The van der Waals surface area contributed by atoms with Gasteiger partial charge in [-0.05, 0) is 12.5 Å². The van der Waals surface area contributed by atoms with E-state index in [2.05, 4.69) is 5.10 Å². The van der Waals surface area contributed by atoms with Crippen LogP contribution in [0.1, 0.15) is 19.0 Å². The average molecular weight is 183 g/mol. The van der Waals surface area contributed by atoms with Crippen LogP contribution in [0.25, 0.3) is 0 Å². The van der Waals surface area contributed by atoms with Crippen molar-refractivity contribution in [2.45, 2.75) is 25.4 Å². The SMILES string of the molecule is CCC(O)(CN)Cc1ccn(C)n1. The van der Waals surface area contributed by atoms with E-state index < -0.39 is 5.60 Å². The van der Waals surface area contributed by atoms with Gasteiger partial charge in [0.15, 0.2) is 0 Å². The maximum Gasteiger partial charge on any atom is 0.0822 e. The lowest BCUT2D eigenvalue weighted by Crippen LogP contribution is -2.39. The molecule has 0 aliphatic carbocycles. The Kier molecular flexibility index (Phi) is 3.06. The first-order valence-electron chi connectivity index (χ1n) is 4.50. The Hall–Kier alpha value is -0.870. The zero-order valence-corrected chi connectivity index (χ0v) is 8.20. The molecule has 0 spiro atoms. The van der Waals surface area contributed by atoms with Crippen molar-refractivity contribution in [1.29, 1.82) is 0 Å². The fourth-order valence-electron chi connectivity index (χ4n) is 1.24. The first kappa shape index (κ1) is 10.2. The molecule has 1 atom stereocenters. The van der Waals surface area contributed by atoms with E-state index in [-0.39, 0.29) is 6.54 Å². The first-order chi connectivity index (χ1) is 6.09. The van der Waals surface area contributed by atoms with Gasteiger partial charge < -0.3 is 10.8 Å². The zero-order chi connectivity index (χ0) is 9.90. The summed E-state index contributed by atoms with van der Waals surface area (Å²) in [5.41, 5.74) is 5.58. The molecule has 0 fully saturated rings. The summed E-state index contributed by atoms with van der Waals surface area (Å²) in [5, 5.41) is 14.1. The van der Waals surface area contributed by atoms with Gasteiger partial charge in [0.1, 0.15) is 0 Å². The van der Waals surface area contributed by atoms with E-state index in [4.69, 9.17) is 5.73 Å². The van der Waals surface area contributed by atoms with Crippen LogP contribution in [-0.2, 0) is 13.5 Å². The molecule has 0 radical (unpaired) electrons. The van der Waals surface area contributed by atoms with Crippen LogP contribution < -0.4 is 5.73 Å². The molecule has 1 heterocycles. The lowest BCUT2D eigenvalue weighted by atomic mass is 9.95. The third-order valence-corrected chi connectivity index (χ3v) is 2.32. The van der Waals surface area contributed by atoms with Crippen LogP contribution >= 0.6 is 0 Å². The minimum atomic E-state index is -0.797. The molecule has 0 saturated carbocycles. The quantitative estimate of drug-likeness (QED) is 0.694. The topological polar surface area (TPSA) is 64.1 Å². The Balaban J connectivity index is 2.67. The second-order valence-corrected chi connectivity index (χ2v) is 3.44. The van der Waals surface area contributed by atoms with E-state index in [0.717, 1.165) is 5.69 Å². The third kappa shape index (κ3) is 2.54. The first-order valence-corrected chi connectivity index (χ1v) is 4.50. The van der Waals surface area contributed by atoms with Crippen molar-refractivity contribution in [3.05, 3.63) is 18.0 Å². The predicted molar refractivity (Wildman–Crippen MR) is 51.2 cm³/mol. The Morgan fingerprint density at radius 3 is 2.77 bits per heavy atom. The molecule has 3 N–H and O–H groups in total. The predicted octanol–water partition coefficient (Wildman–Crippen LogP) is 0.0624. The minimum absolute atomic E-state index is 0.278. The maximum absolute atomic E-state index is 9.92. The van der Waals surface area contributed by atoms with Crippen molar-refractivity contribution in [3.8, 4) is 0 Å². The van der Waals surface area contributed by atoms with E-state index >= 15 is 0 Å². The molecule has 0 bridgehead atoms. The highest BCUT2D eigenvalue weighted by atomic mass is 16.3. The average Bonchev–Trinajstić information content (AvgIpc) is 2.51. The number of aromatic nitrogens is 2. The van der Waals surface area contributed by atoms with Gasteiger partial charge in [-0.2, -0.15) is 5.10 Å². The number of rotatable bonds is 4. The van der Waals surface area contributed by atoms with Crippen molar-refractivity contribution >= 4 is 0 Å². The molecular formula is C9H17N3O. The van der Waals surface area contributed by atoms with Crippen molar-refractivity contribution in [1.82, 2.24) is 9.78 Å².